The van der Waals surface area contributed by atoms with E-state index in [4.69, 9.17) is 11.6 Å². The molecule has 23 heavy (non-hydrogen) atoms. The van der Waals surface area contributed by atoms with Crippen LogP contribution in [-0.4, -0.2) is 10.9 Å². The van der Waals surface area contributed by atoms with Gasteiger partial charge in [-0.05, 0) is 51.6 Å². The van der Waals surface area contributed by atoms with Gasteiger partial charge in [-0.2, -0.15) is 0 Å². The van der Waals surface area contributed by atoms with E-state index in [2.05, 4.69) is 26.2 Å². The molecule has 0 aliphatic heterocycles. The van der Waals surface area contributed by atoms with Gasteiger partial charge in [-0.1, -0.05) is 29.8 Å². The molecular weight excluding hydrogens is 380 g/mol. The van der Waals surface area contributed by atoms with E-state index in [0.29, 0.717) is 20.6 Å². The molecule has 0 unspecified atom stereocenters. The highest BCUT2D eigenvalue weighted by atomic mass is 79.9. The molecule has 0 bridgehead atoms. The highest BCUT2D eigenvalue weighted by Crippen LogP contribution is 2.23. The van der Waals surface area contributed by atoms with Crippen LogP contribution >= 0.6 is 27.5 Å². The van der Waals surface area contributed by atoms with Crippen molar-refractivity contribution in [3.05, 3.63) is 79.5 Å². The van der Waals surface area contributed by atoms with Crippen LogP contribution in [0.5, 0.6) is 0 Å². The number of fused-ring (bicyclic) bond motifs is 1. The van der Waals surface area contributed by atoms with Crippen LogP contribution in [-0.2, 0) is 6.54 Å². The van der Waals surface area contributed by atoms with Crippen molar-refractivity contribution in [3.8, 4) is 0 Å². The third-order valence-electron chi connectivity index (χ3n) is 3.45. The van der Waals surface area contributed by atoms with E-state index in [-0.39, 0.29) is 18.0 Å². The van der Waals surface area contributed by atoms with Crippen LogP contribution in [0, 0.1) is 0 Å². The number of nitrogens with one attached hydrogen (secondary N) is 2. The average Bonchev–Trinajstić information content (AvgIpc) is 2.55. The highest BCUT2D eigenvalue weighted by Gasteiger charge is 2.09. The Hall–Kier alpha value is -2.11. The Kier molecular flexibility index (Phi) is 4.50. The monoisotopic (exact) mass is 390 g/mol. The molecular formula is C17H12BrClN2O2. The van der Waals surface area contributed by atoms with Crippen LogP contribution in [0.25, 0.3) is 10.9 Å². The third kappa shape index (κ3) is 3.46. The number of amides is 1. The molecule has 3 aromatic rings. The summed E-state index contributed by atoms with van der Waals surface area (Å²) in [6, 6.07) is 14.2. The highest BCUT2D eigenvalue weighted by molar-refractivity contribution is 9.10. The predicted octanol–water partition coefficient (Wildman–Crippen LogP) is 3.87. The van der Waals surface area contributed by atoms with Crippen LogP contribution in [0.3, 0.4) is 0 Å². The lowest BCUT2D eigenvalue weighted by Gasteiger charge is -2.07. The number of pyridine rings is 1. The summed E-state index contributed by atoms with van der Waals surface area (Å²) < 4.78 is 0.648. The molecule has 0 aliphatic carbocycles. The van der Waals surface area contributed by atoms with Crippen LogP contribution in [0.4, 0.5) is 0 Å². The van der Waals surface area contributed by atoms with Crippen LogP contribution in [0.1, 0.15) is 15.9 Å². The Morgan fingerprint density at radius 3 is 2.74 bits per heavy atom. The number of halogens is 2. The molecule has 4 nitrogen and oxygen atoms in total. The van der Waals surface area contributed by atoms with Gasteiger partial charge in [-0.15, -0.1) is 0 Å². The topological polar surface area (TPSA) is 62.0 Å². The average molecular weight is 392 g/mol. The van der Waals surface area contributed by atoms with Crippen molar-refractivity contribution in [1.82, 2.24) is 10.3 Å². The Bertz CT molecular complexity index is 953. The Balaban J connectivity index is 1.80. The fraction of sp³-hybridized carbons (Fsp3) is 0.0588. The predicted molar refractivity (Wildman–Crippen MR) is 94.9 cm³/mol. The van der Waals surface area contributed by atoms with Gasteiger partial charge in [0.15, 0.2) is 0 Å². The van der Waals surface area contributed by atoms with E-state index >= 15 is 0 Å². The van der Waals surface area contributed by atoms with Crippen molar-refractivity contribution in [1.29, 1.82) is 0 Å². The van der Waals surface area contributed by atoms with E-state index < -0.39 is 0 Å². The molecule has 0 saturated carbocycles. The largest absolute Gasteiger partial charge is 0.348 e. The zero-order valence-corrected chi connectivity index (χ0v) is 14.2. The van der Waals surface area contributed by atoms with Crippen LogP contribution in [0.15, 0.2) is 57.8 Å². The van der Waals surface area contributed by atoms with E-state index in [1.807, 2.05) is 24.3 Å². The van der Waals surface area contributed by atoms with Gasteiger partial charge in [0.2, 0.25) is 0 Å². The molecule has 0 saturated heterocycles. The van der Waals surface area contributed by atoms with Gasteiger partial charge in [0.25, 0.3) is 11.5 Å². The lowest BCUT2D eigenvalue weighted by Crippen LogP contribution is -2.26. The summed E-state index contributed by atoms with van der Waals surface area (Å²) in [5, 5.41) is 4.20. The van der Waals surface area contributed by atoms with Crippen LogP contribution < -0.4 is 10.9 Å². The second-order valence-corrected chi connectivity index (χ2v) is 6.28. The SMILES string of the molecule is O=C(NCc1cc2ccccc2[nH]c1=O)c1ccc(Cl)c(Br)c1. The number of carbonyl (C=O) groups is 1. The molecule has 0 fully saturated rings. The van der Waals surface area contributed by atoms with E-state index in [9.17, 15) is 9.59 Å². The van der Waals surface area contributed by atoms with Gasteiger partial charge in [0, 0.05) is 27.7 Å². The normalized spacial score (nSPS) is 10.7. The number of H-pyrrole nitrogens is 1. The van der Waals surface area contributed by atoms with Crippen molar-refractivity contribution in [2.75, 3.05) is 0 Å². The minimum atomic E-state index is -0.269. The maximum atomic E-state index is 12.2. The van der Waals surface area contributed by atoms with E-state index in [1.165, 1.54) is 0 Å². The molecule has 1 aromatic heterocycles. The summed E-state index contributed by atoms with van der Waals surface area (Å²) in [6.07, 6.45) is 0. The van der Waals surface area contributed by atoms with Gasteiger partial charge >= 0.3 is 0 Å². The Morgan fingerprint density at radius 2 is 1.96 bits per heavy atom. The first kappa shape index (κ1) is 15.8. The van der Waals surface area contributed by atoms with Gasteiger partial charge in [-0.3, -0.25) is 9.59 Å². The minimum absolute atomic E-state index is 0.152. The number of para-hydroxylation sites is 1. The fourth-order valence-corrected chi connectivity index (χ4v) is 2.74. The minimum Gasteiger partial charge on any atom is -0.348 e. The number of aromatic nitrogens is 1. The zero-order valence-electron chi connectivity index (χ0n) is 11.9. The summed E-state index contributed by atoms with van der Waals surface area (Å²) >= 11 is 9.19. The fourth-order valence-electron chi connectivity index (χ4n) is 2.24. The van der Waals surface area contributed by atoms with Crippen molar-refractivity contribution in [2.45, 2.75) is 6.54 Å². The molecule has 0 spiro atoms. The number of carbonyl (C=O) groups excluding carboxylic acids is 1. The molecule has 116 valence electrons. The summed E-state index contributed by atoms with van der Waals surface area (Å²) in [5.41, 5.74) is 1.54. The van der Waals surface area contributed by atoms with Crippen molar-refractivity contribution >= 4 is 44.3 Å². The molecule has 0 atom stereocenters. The van der Waals surface area contributed by atoms with Gasteiger partial charge < -0.3 is 10.3 Å². The zero-order chi connectivity index (χ0) is 16.4. The second kappa shape index (κ2) is 6.56. The third-order valence-corrected chi connectivity index (χ3v) is 4.67. The standard InChI is InChI=1S/C17H12BrClN2O2/c18-13-8-11(5-6-14(13)19)16(22)20-9-12-7-10-3-1-2-4-15(10)21-17(12)23/h1-8H,9H2,(H,20,22)(H,21,23). The molecule has 1 heterocycles. The molecule has 2 N–H and O–H groups in total. The molecule has 3 rings (SSSR count). The first-order valence-corrected chi connectivity index (χ1v) is 8.06. The number of hydrogen-bond donors (Lipinski definition) is 2. The molecule has 6 heteroatoms. The molecule has 0 radical (unpaired) electrons. The molecule has 1 amide bonds. The van der Waals surface area contributed by atoms with Crippen molar-refractivity contribution in [2.24, 2.45) is 0 Å². The second-order valence-electron chi connectivity index (χ2n) is 5.02. The number of aromatic amines is 1. The van der Waals surface area contributed by atoms with Crippen molar-refractivity contribution in [3.63, 3.8) is 0 Å². The van der Waals surface area contributed by atoms with Gasteiger partial charge in [-0.25, -0.2) is 0 Å². The summed E-state index contributed by atoms with van der Waals surface area (Å²) in [4.78, 5) is 27.0. The summed E-state index contributed by atoms with van der Waals surface area (Å²) in [6.45, 7) is 0.152. The smallest absolute Gasteiger partial charge is 0.253 e. The maximum Gasteiger partial charge on any atom is 0.253 e. The molecule has 0 aliphatic rings. The summed E-state index contributed by atoms with van der Waals surface area (Å²) in [5.74, 6) is -0.269. The Labute approximate surface area is 145 Å². The van der Waals surface area contributed by atoms with Crippen LogP contribution in [0.2, 0.25) is 5.02 Å². The lowest BCUT2D eigenvalue weighted by molar-refractivity contribution is 0.0950. The first-order valence-electron chi connectivity index (χ1n) is 6.89. The number of hydrogen-bond acceptors (Lipinski definition) is 2. The Morgan fingerprint density at radius 1 is 1.17 bits per heavy atom. The lowest BCUT2D eigenvalue weighted by atomic mass is 10.1. The number of benzene rings is 2. The maximum absolute atomic E-state index is 12.2. The van der Waals surface area contributed by atoms with E-state index in [1.54, 1.807) is 24.3 Å². The van der Waals surface area contributed by atoms with Gasteiger partial charge in [0.1, 0.15) is 0 Å². The van der Waals surface area contributed by atoms with Crippen molar-refractivity contribution < 1.29 is 4.79 Å². The quantitative estimate of drug-likeness (QED) is 0.712. The molecule has 2 aromatic carbocycles. The number of rotatable bonds is 3. The first-order chi connectivity index (χ1) is 11.0. The summed E-state index contributed by atoms with van der Waals surface area (Å²) in [7, 11) is 0. The van der Waals surface area contributed by atoms with Gasteiger partial charge in [0.05, 0.1) is 5.02 Å². The van der Waals surface area contributed by atoms with E-state index in [0.717, 1.165) is 10.9 Å².